The van der Waals surface area contributed by atoms with Gasteiger partial charge in [0.05, 0.1) is 13.2 Å². The number of hydrogen-bond donors (Lipinski definition) is 2. The Balaban J connectivity index is 2.49. The van der Waals surface area contributed by atoms with Crippen molar-refractivity contribution in [2.24, 2.45) is 0 Å². The summed E-state index contributed by atoms with van der Waals surface area (Å²) < 4.78 is 14.6. The Bertz CT molecular complexity index is 697. The Kier molecular flexibility index (Phi) is 8.64. The molecule has 0 aromatic heterocycles. The predicted molar refractivity (Wildman–Crippen MR) is 121 cm³/mol. The van der Waals surface area contributed by atoms with Crippen molar-refractivity contribution in [3.8, 4) is 11.5 Å². The van der Waals surface area contributed by atoms with Crippen LogP contribution in [0.2, 0.25) is 0 Å². The highest BCUT2D eigenvalue weighted by Crippen LogP contribution is 2.47. The van der Waals surface area contributed by atoms with E-state index in [1.807, 2.05) is 24.3 Å². The fourth-order valence-corrected chi connectivity index (χ4v) is 7.18. The van der Waals surface area contributed by atoms with Crippen molar-refractivity contribution in [2.75, 3.05) is 26.4 Å². The van der Waals surface area contributed by atoms with E-state index in [-0.39, 0.29) is 31.8 Å². The zero-order valence-corrected chi connectivity index (χ0v) is 21.2. The van der Waals surface area contributed by atoms with E-state index >= 15 is 0 Å². The summed E-state index contributed by atoms with van der Waals surface area (Å²) in [6, 6.07) is 7.60. The maximum Gasteiger partial charge on any atom is 0.121 e. The Hall–Kier alpha value is -0.120. The van der Waals surface area contributed by atoms with Crippen LogP contribution in [-0.2, 0) is 5.41 Å². The van der Waals surface area contributed by atoms with Crippen LogP contribution in [0.5, 0.6) is 11.5 Å². The first-order valence-electron chi connectivity index (χ1n) is 8.18. The topological polar surface area (TPSA) is 58.9 Å². The number of benzene rings is 2. The molecule has 0 saturated carbocycles. The van der Waals surface area contributed by atoms with Gasteiger partial charge in [0, 0.05) is 23.3 Å². The van der Waals surface area contributed by atoms with Gasteiger partial charge in [-0.05, 0) is 35.4 Å². The molecule has 0 bridgehead atoms. The lowest BCUT2D eigenvalue weighted by molar-refractivity contribution is 0.201. The second-order valence-electron chi connectivity index (χ2n) is 6.29. The molecular formula is C19H20Br4O4. The molecule has 0 heterocycles. The third kappa shape index (κ3) is 5.48. The van der Waals surface area contributed by atoms with Gasteiger partial charge in [-0.2, -0.15) is 0 Å². The highest BCUT2D eigenvalue weighted by atomic mass is 79.9. The lowest BCUT2D eigenvalue weighted by Gasteiger charge is -2.31. The molecule has 2 aromatic carbocycles. The van der Waals surface area contributed by atoms with E-state index in [9.17, 15) is 0 Å². The van der Waals surface area contributed by atoms with Crippen LogP contribution in [0.4, 0.5) is 0 Å². The van der Waals surface area contributed by atoms with Gasteiger partial charge in [0.1, 0.15) is 24.7 Å². The Morgan fingerprint density at radius 1 is 0.704 bits per heavy atom. The number of halogens is 4. The predicted octanol–water partition coefficient (Wildman–Crippen LogP) is 5.80. The molecule has 0 radical (unpaired) electrons. The third-order valence-electron chi connectivity index (χ3n) is 4.00. The fourth-order valence-electron chi connectivity index (χ4n) is 2.91. The molecule has 8 heteroatoms. The molecule has 0 aliphatic heterocycles. The van der Waals surface area contributed by atoms with Crippen molar-refractivity contribution in [3.05, 3.63) is 53.3 Å². The summed E-state index contributed by atoms with van der Waals surface area (Å²) in [5.41, 5.74) is 1.74. The molecule has 2 aromatic rings. The molecule has 2 rings (SSSR count). The maximum absolute atomic E-state index is 8.95. The van der Waals surface area contributed by atoms with E-state index in [0.717, 1.165) is 29.0 Å². The average molecular weight is 632 g/mol. The summed E-state index contributed by atoms with van der Waals surface area (Å²) in [6.45, 7) is 4.68. The van der Waals surface area contributed by atoms with Crippen LogP contribution in [0.1, 0.15) is 25.0 Å². The second-order valence-corrected chi connectivity index (χ2v) is 9.71. The lowest BCUT2D eigenvalue weighted by Crippen LogP contribution is -2.22. The monoisotopic (exact) mass is 628 g/mol. The number of rotatable bonds is 8. The molecule has 0 amide bonds. The van der Waals surface area contributed by atoms with Crippen molar-refractivity contribution in [1.29, 1.82) is 0 Å². The van der Waals surface area contributed by atoms with Gasteiger partial charge in [-0.3, -0.25) is 0 Å². The second kappa shape index (κ2) is 10.1. The third-order valence-corrected chi connectivity index (χ3v) is 6.50. The zero-order valence-electron chi connectivity index (χ0n) is 14.9. The van der Waals surface area contributed by atoms with E-state index in [2.05, 4.69) is 77.6 Å². The van der Waals surface area contributed by atoms with Crippen LogP contribution in [0.15, 0.2) is 42.2 Å². The van der Waals surface area contributed by atoms with Gasteiger partial charge in [-0.15, -0.1) is 0 Å². The van der Waals surface area contributed by atoms with Crippen LogP contribution in [0.25, 0.3) is 0 Å². The first-order chi connectivity index (χ1) is 12.7. The molecule has 27 heavy (non-hydrogen) atoms. The van der Waals surface area contributed by atoms with E-state index < -0.39 is 0 Å². The molecule has 0 aliphatic carbocycles. The van der Waals surface area contributed by atoms with E-state index in [4.69, 9.17) is 19.7 Å². The minimum absolute atomic E-state index is 0.0346. The van der Waals surface area contributed by atoms with Gasteiger partial charge in [-0.1, -0.05) is 77.6 Å². The number of aliphatic hydroxyl groups is 2. The standard InChI is InChI=1S/C19H20Br4O4/c1-19(2,17-13(20)7-11(8-14(17)21)26-5-3-24)18-15(22)9-12(10-16(18)23)27-6-4-25/h7-10,24-25H,3-6H2,1-2H3. The molecule has 0 spiro atoms. The van der Waals surface area contributed by atoms with Gasteiger partial charge >= 0.3 is 0 Å². The zero-order chi connectivity index (χ0) is 20.2. The van der Waals surface area contributed by atoms with Crippen LogP contribution in [0.3, 0.4) is 0 Å². The Labute approximate surface area is 192 Å². The van der Waals surface area contributed by atoms with Crippen LogP contribution < -0.4 is 9.47 Å². The quantitative estimate of drug-likeness (QED) is 0.387. The minimum atomic E-state index is -0.375. The van der Waals surface area contributed by atoms with E-state index in [0.29, 0.717) is 11.5 Å². The van der Waals surface area contributed by atoms with Crippen molar-refractivity contribution in [3.63, 3.8) is 0 Å². The van der Waals surface area contributed by atoms with Crippen molar-refractivity contribution in [1.82, 2.24) is 0 Å². The van der Waals surface area contributed by atoms with E-state index in [1.165, 1.54) is 0 Å². The molecular weight excluding hydrogens is 612 g/mol. The molecule has 0 aliphatic rings. The number of aliphatic hydroxyl groups excluding tert-OH is 2. The summed E-state index contributed by atoms with van der Waals surface area (Å²) >= 11 is 14.7. The van der Waals surface area contributed by atoms with Gasteiger partial charge < -0.3 is 19.7 Å². The number of ether oxygens (including phenoxy) is 2. The SMILES string of the molecule is CC(C)(c1c(Br)cc(OCCO)cc1Br)c1c(Br)cc(OCCO)cc1Br. The summed E-state index contributed by atoms with van der Waals surface area (Å²) in [4.78, 5) is 0. The minimum Gasteiger partial charge on any atom is -0.491 e. The summed E-state index contributed by atoms with van der Waals surface area (Å²) in [7, 11) is 0. The average Bonchev–Trinajstić information content (AvgIpc) is 2.56. The highest BCUT2D eigenvalue weighted by molar-refractivity contribution is 9.11. The fraction of sp³-hybridized carbons (Fsp3) is 0.368. The number of hydrogen-bond acceptors (Lipinski definition) is 4. The van der Waals surface area contributed by atoms with Crippen molar-refractivity contribution in [2.45, 2.75) is 19.3 Å². The lowest BCUT2D eigenvalue weighted by atomic mass is 9.78. The summed E-state index contributed by atoms with van der Waals surface area (Å²) in [6.07, 6.45) is 0. The molecule has 0 saturated heterocycles. The van der Waals surface area contributed by atoms with Gasteiger partial charge in [-0.25, -0.2) is 0 Å². The summed E-state index contributed by atoms with van der Waals surface area (Å²) in [5.74, 6) is 1.35. The van der Waals surface area contributed by atoms with Crippen molar-refractivity contribution < 1.29 is 19.7 Å². The van der Waals surface area contributed by atoms with Crippen LogP contribution >= 0.6 is 63.7 Å². The molecule has 0 atom stereocenters. The van der Waals surface area contributed by atoms with Crippen LogP contribution in [-0.4, -0.2) is 36.6 Å². The molecule has 0 fully saturated rings. The van der Waals surface area contributed by atoms with Crippen LogP contribution in [0, 0.1) is 0 Å². The largest absolute Gasteiger partial charge is 0.491 e. The smallest absolute Gasteiger partial charge is 0.121 e. The first kappa shape index (κ1) is 23.2. The van der Waals surface area contributed by atoms with Crippen molar-refractivity contribution >= 4 is 63.7 Å². The van der Waals surface area contributed by atoms with Gasteiger partial charge in [0.2, 0.25) is 0 Å². The summed E-state index contributed by atoms with van der Waals surface area (Å²) in [5, 5.41) is 17.9. The normalized spacial score (nSPS) is 11.6. The molecule has 148 valence electrons. The first-order valence-corrected chi connectivity index (χ1v) is 11.4. The van der Waals surface area contributed by atoms with Gasteiger partial charge in [0.25, 0.3) is 0 Å². The highest BCUT2D eigenvalue weighted by Gasteiger charge is 2.32. The Morgan fingerprint density at radius 3 is 1.26 bits per heavy atom. The van der Waals surface area contributed by atoms with Gasteiger partial charge in [0.15, 0.2) is 0 Å². The molecule has 0 unspecified atom stereocenters. The molecule has 4 nitrogen and oxygen atoms in total. The van der Waals surface area contributed by atoms with E-state index in [1.54, 1.807) is 0 Å². The molecule has 2 N–H and O–H groups in total. The Morgan fingerprint density at radius 2 is 1.00 bits per heavy atom. The maximum atomic E-state index is 8.95.